The van der Waals surface area contributed by atoms with Gasteiger partial charge >= 0.3 is 0 Å². The lowest BCUT2D eigenvalue weighted by Crippen LogP contribution is -1.92. The van der Waals surface area contributed by atoms with Gasteiger partial charge in [0.1, 0.15) is 11.5 Å². The van der Waals surface area contributed by atoms with E-state index in [1.165, 1.54) is 6.33 Å². The molecule has 2 aromatic rings. The summed E-state index contributed by atoms with van der Waals surface area (Å²) in [4.78, 5) is 4.03. The first kappa shape index (κ1) is 7.83. The van der Waals surface area contributed by atoms with Crippen molar-refractivity contribution in [1.82, 2.24) is 14.6 Å². The molecule has 0 saturated carbocycles. The van der Waals surface area contributed by atoms with Gasteiger partial charge in [-0.05, 0) is 6.07 Å². The number of halogens is 2. The maximum atomic E-state index is 5.84. The maximum absolute atomic E-state index is 5.84. The monoisotopic (exact) mass is 201 g/mol. The Kier molecular flexibility index (Phi) is 1.90. The number of pyridine rings is 1. The fraction of sp³-hybridized carbons (Fsp3) is 0.143. The van der Waals surface area contributed by atoms with Crippen molar-refractivity contribution in [3.05, 3.63) is 29.2 Å². The molecule has 12 heavy (non-hydrogen) atoms. The number of aromatic nitrogens is 3. The first-order valence-electron chi connectivity index (χ1n) is 3.36. The van der Waals surface area contributed by atoms with Crippen LogP contribution in [0.5, 0.6) is 0 Å². The molecule has 2 heterocycles. The van der Waals surface area contributed by atoms with Gasteiger partial charge in [-0.2, -0.15) is 5.10 Å². The topological polar surface area (TPSA) is 30.2 Å². The van der Waals surface area contributed by atoms with Crippen molar-refractivity contribution < 1.29 is 0 Å². The van der Waals surface area contributed by atoms with Crippen molar-refractivity contribution in [3.63, 3.8) is 0 Å². The fourth-order valence-corrected chi connectivity index (χ4v) is 1.43. The van der Waals surface area contributed by atoms with Crippen molar-refractivity contribution in [1.29, 1.82) is 0 Å². The molecule has 0 spiro atoms. The molecule has 0 atom stereocenters. The standard InChI is InChI=1S/C7H5Cl2N3/c8-3-5-1-2-6(9)12-7(5)10-4-11-12/h1-2,4H,3H2. The van der Waals surface area contributed by atoms with Crippen molar-refractivity contribution in [2.45, 2.75) is 5.88 Å². The smallest absolute Gasteiger partial charge is 0.161 e. The second-order valence-corrected chi connectivity index (χ2v) is 2.96. The molecule has 3 nitrogen and oxygen atoms in total. The highest BCUT2D eigenvalue weighted by Gasteiger charge is 2.04. The summed E-state index contributed by atoms with van der Waals surface area (Å²) in [5.74, 6) is 0.416. The van der Waals surface area contributed by atoms with E-state index >= 15 is 0 Å². The lowest BCUT2D eigenvalue weighted by atomic mass is 10.3. The van der Waals surface area contributed by atoms with Gasteiger partial charge < -0.3 is 0 Å². The molecule has 0 saturated heterocycles. The molecule has 0 aliphatic rings. The van der Waals surface area contributed by atoms with Gasteiger partial charge in [-0.25, -0.2) is 9.50 Å². The predicted octanol–water partition coefficient (Wildman–Crippen LogP) is 2.12. The summed E-state index contributed by atoms with van der Waals surface area (Å²) in [5.41, 5.74) is 1.65. The second kappa shape index (κ2) is 2.92. The minimum absolute atomic E-state index is 0.416. The van der Waals surface area contributed by atoms with Crippen molar-refractivity contribution in [2.24, 2.45) is 0 Å². The SMILES string of the molecule is ClCc1ccc(Cl)n2ncnc12. The number of hydrogen-bond acceptors (Lipinski definition) is 2. The van der Waals surface area contributed by atoms with Gasteiger partial charge in [0.2, 0.25) is 0 Å². The summed E-state index contributed by atoms with van der Waals surface area (Å²) in [5, 5.41) is 4.48. The molecule has 0 radical (unpaired) electrons. The van der Waals surface area contributed by atoms with Crippen molar-refractivity contribution >= 4 is 28.8 Å². The van der Waals surface area contributed by atoms with Crippen LogP contribution in [-0.4, -0.2) is 14.6 Å². The van der Waals surface area contributed by atoms with Crippen LogP contribution in [0.15, 0.2) is 18.5 Å². The van der Waals surface area contributed by atoms with E-state index in [1.807, 2.05) is 6.07 Å². The average Bonchev–Trinajstić information content (AvgIpc) is 2.54. The lowest BCUT2D eigenvalue weighted by molar-refractivity contribution is 0.955. The highest BCUT2D eigenvalue weighted by Crippen LogP contribution is 2.15. The Morgan fingerprint density at radius 1 is 1.42 bits per heavy atom. The molecule has 0 bridgehead atoms. The van der Waals surface area contributed by atoms with E-state index in [4.69, 9.17) is 23.2 Å². The summed E-state index contributed by atoms with van der Waals surface area (Å²) in [6.45, 7) is 0. The van der Waals surface area contributed by atoms with E-state index in [-0.39, 0.29) is 0 Å². The molecule has 0 aliphatic carbocycles. The normalized spacial score (nSPS) is 10.8. The Morgan fingerprint density at radius 3 is 3.00 bits per heavy atom. The van der Waals surface area contributed by atoms with Gasteiger partial charge in [-0.15, -0.1) is 11.6 Å². The average molecular weight is 202 g/mol. The summed E-state index contributed by atoms with van der Waals surface area (Å²) in [6.07, 6.45) is 1.46. The summed E-state index contributed by atoms with van der Waals surface area (Å²) in [7, 11) is 0. The van der Waals surface area contributed by atoms with Gasteiger partial charge in [0, 0.05) is 5.56 Å². The van der Waals surface area contributed by atoms with Crippen LogP contribution in [0, 0.1) is 0 Å². The highest BCUT2D eigenvalue weighted by atomic mass is 35.5. The molecule has 0 unspecified atom stereocenters. The van der Waals surface area contributed by atoms with Gasteiger partial charge in [0.15, 0.2) is 5.65 Å². The minimum Gasteiger partial charge on any atom is -0.215 e. The molecule has 62 valence electrons. The molecule has 0 amide bonds. The van der Waals surface area contributed by atoms with E-state index in [0.29, 0.717) is 11.0 Å². The molecule has 0 aromatic carbocycles. The molecule has 0 fully saturated rings. The van der Waals surface area contributed by atoms with Crippen LogP contribution in [-0.2, 0) is 5.88 Å². The Labute approximate surface area is 78.9 Å². The van der Waals surface area contributed by atoms with E-state index in [0.717, 1.165) is 11.2 Å². The largest absolute Gasteiger partial charge is 0.215 e. The third-order valence-corrected chi connectivity index (χ3v) is 2.18. The molecule has 0 N–H and O–H groups in total. The van der Waals surface area contributed by atoms with Gasteiger partial charge in [0.05, 0.1) is 5.88 Å². The Bertz CT molecular complexity index is 410. The Hall–Kier alpha value is -0.800. The van der Waals surface area contributed by atoms with E-state index in [1.54, 1.807) is 10.6 Å². The predicted molar refractivity (Wildman–Crippen MR) is 47.6 cm³/mol. The van der Waals surface area contributed by atoms with Gasteiger partial charge in [0.25, 0.3) is 0 Å². The van der Waals surface area contributed by atoms with Crippen LogP contribution in [0.4, 0.5) is 0 Å². The molecule has 2 rings (SSSR count). The number of hydrogen-bond donors (Lipinski definition) is 0. The first-order valence-corrected chi connectivity index (χ1v) is 4.27. The quantitative estimate of drug-likeness (QED) is 0.523. The lowest BCUT2D eigenvalue weighted by Gasteiger charge is -1.98. The zero-order valence-corrected chi connectivity index (χ0v) is 7.55. The van der Waals surface area contributed by atoms with Crippen LogP contribution in [0.1, 0.15) is 5.56 Å². The van der Waals surface area contributed by atoms with Crippen LogP contribution in [0.2, 0.25) is 5.15 Å². The molecule has 0 aliphatic heterocycles. The van der Waals surface area contributed by atoms with Crippen molar-refractivity contribution in [3.8, 4) is 0 Å². The van der Waals surface area contributed by atoms with Crippen LogP contribution < -0.4 is 0 Å². The zero-order valence-electron chi connectivity index (χ0n) is 6.04. The number of nitrogens with zero attached hydrogens (tertiary/aromatic N) is 3. The van der Waals surface area contributed by atoms with Crippen LogP contribution in [0.3, 0.4) is 0 Å². The van der Waals surface area contributed by atoms with E-state index in [9.17, 15) is 0 Å². The second-order valence-electron chi connectivity index (χ2n) is 2.31. The van der Waals surface area contributed by atoms with E-state index in [2.05, 4.69) is 10.1 Å². The molecule has 5 heteroatoms. The Morgan fingerprint density at radius 2 is 2.25 bits per heavy atom. The van der Waals surface area contributed by atoms with Crippen molar-refractivity contribution in [2.75, 3.05) is 0 Å². The Balaban J connectivity index is 2.82. The fourth-order valence-electron chi connectivity index (χ4n) is 1.04. The summed E-state index contributed by atoms with van der Waals surface area (Å²) in [6, 6.07) is 3.60. The molecular weight excluding hydrogens is 197 g/mol. The molecular formula is C7H5Cl2N3. The third-order valence-electron chi connectivity index (χ3n) is 1.60. The van der Waals surface area contributed by atoms with Gasteiger partial charge in [-0.3, -0.25) is 0 Å². The molecule has 2 aromatic heterocycles. The van der Waals surface area contributed by atoms with E-state index < -0.39 is 0 Å². The highest BCUT2D eigenvalue weighted by molar-refractivity contribution is 6.29. The first-order chi connectivity index (χ1) is 5.83. The zero-order chi connectivity index (χ0) is 8.55. The van der Waals surface area contributed by atoms with Crippen LogP contribution in [0.25, 0.3) is 5.65 Å². The number of fused-ring (bicyclic) bond motifs is 1. The minimum atomic E-state index is 0.416. The van der Waals surface area contributed by atoms with Crippen LogP contribution >= 0.6 is 23.2 Å². The summed E-state index contributed by atoms with van der Waals surface area (Å²) < 4.78 is 1.55. The van der Waals surface area contributed by atoms with Gasteiger partial charge in [-0.1, -0.05) is 17.7 Å². The maximum Gasteiger partial charge on any atom is 0.161 e. The third kappa shape index (κ3) is 1.06. The summed E-state index contributed by atoms with van der Waals surface area (Å²) >= 11 is 11.5. The number of rotatable bonds is 1. The number of alkyl halides is 1.